The lowest BCUT2D eigenvalue weighted by Crippen LogP contribution is -2.56. The van der Waals surface area contributed by atoms with Gasteiger partial charge in [-0.25, -0.2) is 0 Å². The number of rotatable bonds is 5. The summed E-state index contributed by atoms with van der Waals surface area (Å²) in [5.41, 5.74) is -1.30. The quantitative estimate of drug-likeness (QED) is 0.361. The van der Waals surface area contributed by atoms with Crippen molar-refractivity contribution in [2.45, 2.75) is 24.4 Å². The second-order valence-corrected chi connectivity index (χ2v) is 4.95. The predicted molar refractivity (Wildman–Crippen MR) is 77.8 cm³/mol. The summed E-state index contributed by atoms with van der Waals surface area (Å²) in [5, 5.41) is 63.0. The molecule has 0 aromatic heterocycles. The van der Waals surface area contributed by atoms with E-state index in [1.807, 2.05) is 0 Å². The molecule has 0 amide bonds. The average Bonchev–Trinajstić information content (AvgIpc) is 2.58. The first kappa shape index (κ1) is 18.5. The van der Waals surface area contributed by atoms with E-state index in [4.69, 9.17) is 14.7 Å². The summed E-state index contributed by atoms with van der Waals surface area (Å²) in [4.78, 5) is 24.6. The number of nitro benzene ring substituents is 2. The van der Waals surface area contributed by atoms with Crippen LogP contribution >= 0.6 is 0 Å². The summed E-state index contributed by atoms with van der Waals surface area (Å²) in [6, 6.07) is 2.52. The van der Waals surface area contributed by atoms with Crippen molar-refractivity contribution in [2.24, 2.45) is 5.16 Å². The van der Waals surface area contributed by atoms with Crippen LogP contribution in [0.15, 0.2) is 23.4 Å². The molecule has 0 saturated carbocycles. The van der Waals surface area contributed by atoms with Crippen LogP contribution in [0.1, 0.15) is 0 Å². The SMILES string of the molecule is O=[N+]([O-])c1ccc(O/N=C2/O[C@H](CO)[C@@H](O)[C@H](O)[C@H]2O)c([N+](=O)[O-])c1. The van der Waals surface area contributed by atoms with Crippen LogP contribution in [0, 0.1) is 20.2 Å². The van der Waals surface area contributed by atoms with Crippen molar-refractivity contribution >= 4 is 17.3 Å². The minimum atomic E-state index is -1.81. The number of benzene rings is 1. The van der Waals surface area contributed by atoms with Gasteiger partial charge in [0.2, 0.25) is 5.75 Å². The van der Waals surface area contributed by atoms with Crippen molar-refractivity contribution in [1.29, 1.82) is 0 Å². The Labute approximate surface area is 138 Å². The Balaban J connectivity index is 2.28. The van der Waals surface area contributed by atoms with E-state index in [0.717, 1.165) is 12.1 Å². The number of nitrogens with zero attached hydrogens (tertiary/aromatic N) is 3. The van der Waals surface area contributed by atoms with E-state index in [1.54, 1.807) is 0 Å². The molecule has 2 rings (SSSR count). The smallest absolute Gasteiger partial charge is 0.321 e. The maximum Gasteiger partial charge on any atom is 0.321 e. The van der Waals surface area contributed by atoms with Gasteiger partial charge in [0.15, 0.2) is 12.2 Å². The molecule has 1 aromatic rings. The highest BCUT2D eigenvalue weighted by molar-refractivity contribution is 5.82. The Morgan fingerprint density at radius 2 is 1.84 bits per heavy atom. The molecule has 25 heavy (non-hydrogen) atoms. The topological polar surface area (TPSA) is 198 Å². The first-order chi connectivity index (χ1) is 11.8. The zero-order valence-corrected chi connectivity index (χ0v) is 12.3. The van der Waals surface area contributed by atoms with Gasteiger partial charge in [-0.15, -0.1) is 0 Å². The Morgan fingerprint density at radius 3 is 2.40 bits per heavy atom. The molecular formula is C12H13N3O10. The molecule has 13 nitrogen and oxygen atoms in total. The van der Waals surface area contributed by atoms with Gasteiger partial charge in [0.05, 0.1) is 22.5 Å². The van der Waals surface area contributed by atoms with Crippen LogP contribution < -0.4 is 4.84 Å². The van der Waals surface area contributed by atoms with Crippen molar-refractivity contribution < 1.29 is 39.8 Å². The number of oxime groups is 1. The first-order valence-corrected chi connectivity index (χ1v) is 6.75. The van der Waals surface area contributed by atoms with E-state index < -0.39 is 63.9 Å². The second-order valence-electron chi connectivity index (χ2n) is 4.95. The lowest BCUT2D eigenvalue weighted by atomic mass is 10.00. The highest BCUT2D eigenvalue weighted by Crippen LogP contribution is 2.31. The first-order valence-electron chi connectivity index (χ1n) is 6.75. The molecule has 1 aliphatic heterocycles. The lowest BCUT2D eigenvalue weighted by molar-refractivity contribution is -0.394. The minimum absolute atomic E-state index is 0.486. The van der Waals surface area contributed by atoms with Gasteiger partial charge in [0.1, 0.15) is 12.2 Å². The molecule has 4 atom stereocenters. The van der Waals surface area contributed by atoms with Crippen LogP contribution in [0.3, 0.4) is 0 Å². The molecule has 0 unspecified atom stereocenters. The molecule has 0 radical (unpaired) electrons. The summed E-state index contributed by atoms with van der Waals surface area (Å²) in [5.74, 6) is -1.12. The molecular weight excluding hydrogens is 346 g/mol. The Kier molecular flexibility index (Phi) is 5.43. The van der Waals surface area contributed by atoms with Gasteiger partial charge in [0, 0.05) is 6.07 Å². The Morgan fingerprint density at radius 1 is 1.16 bits per heavy atom. The fourth-order valence-corrected chi connectivity index (χ4v) is 2.00. The highest BCUT2D eigenvalue weighted by Gasteiger charge is 2.42. The van der Waals surface area contributed by atoms with Crippen molar-refractivity contribution in [2.75, 3.05) is 6.61 Å². The fourth-order valence-electron chi connectivity index (χ4n) is 2.00. The van der Waals surface area contributed by atoms with E-state index in [1.165, 1.54) is 0 Å². The molecule has 13 heteroatoms. The molecule has 0 aliphatic carbocycles. The van der Waals surface area contributed by atoms with Crippen molar-refractivity contribution in [3.63, 3.8) is 0 Å². The maximum atomic E-state index is 11.0. The number of hydrogen-bond donors (Lipinski definition) is 4. The standard InChI is InChI=1S/C12H13N3O10/c16-4-8-9(17)10(18)11(19)12(24-8)13-25-7-2-1-5(14(20)21)3-6(7)15(22)23/h1-3,8-11,16-19H,4H2/b13-12+/t8-,9-,10+,11-/m1/s1. The van der Waals surface area contributed by atoms with Gasteiger partial charge in [-0.1, -0.05) is 0 Å². The number of ether oxygens (including phenoxy) is 1. The average molecular weight is 359 g/mol. The summed E-state index contributed by atoms with van der Waals surface area (Å²) < 4.78 is 4.95. The molecule has 1 heterocycles. The van der Waals surface area contributed by atoms with Gasteiger partial charge in [-0.2, -0.15) is 0 Å². The third kappa shape index (κ3) is 3.80. The van der Waals surface area contributed by atoms with Crippen LogP contribution in [-0.2, 0) is 4.74 Å². The van der Waals surface area contributed by atoms with Crippen LogP contribution in [-0.4, -0.2) is 67.2 Å². The molecule has 136 valence electrons. The minimum Gasteiger partial charge on any atom is -0.468 e. The van der Waals surface area contributed by atoms with Crippen molar-refractivity contribution in [3.05, 3.63) is 38.4 Å². The largest absolute Gasteiger partial charge is 0.468 e. The number of hydrogen-bond acceptors (Lipinski definition) is 11. The molecule has 0 spiro atoms. The molecule has 1 saturated heterocycles. The van der Waals surface area contributed by atoms with E-state index in [2.05, 4.69) is 5.16 Å². The van der Waals surface area contributed by atoms with E-state index in [9.17, 15) is 35.5 Å². The molecule has 1 aromatic carbocycles. The second kappa shape index (κ2) is 7.35. The molecule has 1 aliphatic rings. The van der Waals surface area contributed by atoms with Gasteiger partial charge < -0.3 is 30.0 Å². The lowest BCUT2D eigenvalue weighted by Gasteiger charge is -2.34. The Bertz CT molecular complexity index is 706. The highest BCUT2D eigenvalue weighted by atomic mass is 16.7. The molecule has 0 bridgehead atoms. The Hall–Kier alpha value is -2.87. The zero-order chi connectivity index (χ0) is 18.7. The van der Waals surface area contributed by atoms with Gasteiger partial charge in [-0.3, -0.25) is 20.2 Å². The molecule has 4 N–H and O–H groups in total. The number of non-ortho nitro benzene ring substituents is 1. The van der Waals surface area contributed by atoms with Crippen molar-refractivity contribution in [1.82, 2.24) is 0 Å². The van der Waals surface area contributed by atoms with Crippen LogP contribution in [0.25, 0.3) is 0 Å². The number of nitro groups is 2. The summed E-state index contributed by atoms with van der Waals surface area (Å²) in [6.45, 7) is -0.707. The summed E-state index contributed by atoms with van der Waals surface area (Å²) in [6.07, 6.45) is -6.43. The monoisotopic (exact) mass is 359 g/mol. The normalized spacial score (nSPS) is 27.6. The van der Waals surface area contributed by atoms with Crippen molar-refractivity contribution in [3.8, 4) is 5.75 Å². The van der Waals surface area contributed by atoms with Gasteiger partial charge in [0.25, 0.3) is 11.6 Å². The van der Waals surface area contributed by atoms with Gasteiger partial charge in [-0.05, 0) is 11.2 Å². The third-order valence-electron chi connectivity index (χ3n) is 3.34. The van der Waals surface area contributed by atoms with E-state index in [-0.39, 0.29) is 0 Å². The molecule has 1 fully saturated rings. The summed E-state index contributed by atoms with van der Waals surface area (Å²) >= 11 is 0. The summed E-state index contributed by atoms with van der Waals surface area (Å²) in [7, 11) is 0. The maximum absolute atomic E-state index is 11.0. The van der Waals surface area contributed by atoms with Gasteiger partial charge >= 0.3 is 5.69 Å². The van der Waals surface area contributed by atoms with E-state index in [0.29, 0.717) is 6.07 Å². The zero-order valence-electron chi connectivity index (χ0n) is 12.3. The predicted octanol–water partition coefficient (Wildman–Crippen LogP) is -1.33. The fraction of sp³-hybridized carbons (Fsp3) is 0.417. The number of aliphatic hydroxyl groups is 4. The third-order valence-corrected chi connectivity index (χ3v) is 3.34. The van der Waals surface area contributed by atoms with Crippen LogP contribution in [0.5, 0.6) is 5.75 Å². The van der Waals surface area contributed by atoms with E-state index >= 15 is 0 Å². The number of aliphatic hydroxyl groups excluding tert-OH is 4. The van der Waals surface area contributed by atoms with Crippen LogP contribution in [0.2, 0.25) is 0 Å². The van der Waals surface area contributed by atoms with Crippen LogP contribution in [0.4, 0.5) is 11.4 Å².